The Labute approximate surface area is 158 Å². The number of carbonyl (C=O) groups excluding carboxylic acids is 2. The molecule has 0 saturated heterocycles. The molecule has 2 rings (SSSR count). The van der Waals surface area contributed by atoms with Crippen LogP contribution in [0.3, 0.4) is 0 Å². The number of ether oxygens (including phenoxy) is 1. The molecule has 2 amide bonds. The second-order valence-corrected chi connectivity index (χ2v) is 7.92. The number of methoxy groups -OCH3 is 1. The lowest BCUT2D eigenvalue weighted by molar-refractivity contribution is -0.116. The predicted molar refractivity (Wildman–Crippen MR) is 101 cm³/mol. The van der Waals surface area contributed by atoms with Crippen LogP contribution in [0.2, 0.25) is 0 Å². The summed E-state index contributed by atoms with van der Waals surface area (Å²) < 4.78 is 31.6. The Bertz CT molecular complexity index is 955. The monoisotopic (exact) mass is 391 g/mol. The van der Waals surface area contributed by atoms with Gasteiger partial charge in [0.1, 0.15) is 10.6 Å². The number of nitrogens with two attached hydrogens (primary N) is 1. The smallest absolute Gasteiger partial charge is 0.248 e. The summed E-state index contributed by atoms with van der Waals surface area (Å²) in [4.78, 5) is 23.2. The van der Waals surface area contributed by atoms with Gasteiger partial charge >= 0.3 is 0 Å². The van der Waals surface area contributed by atoms with Crippen LogP contribution < -0.4 is 15.8 Å². The molecule has 0 aliphatic heterocycles. The van der Waals surface area contributed by atoms with Gasteiger partial charge in [-0.2, -0.15) is 4.31 Å². The quantitative estimate of drug-likeness (QED) is 0.739. The molecule has 0 aliphatic rings. The van der Waals surface area contributed by atoms with E-state index >= 15 is 0 Å². The van der Waals surface area contributed by atoms with Crippen LogP contribution in [0.25, 0.3) is 0 Å². The number of nitrogens with zero attached hydrogens (tertiary/aromatic N) is 1. The summed E-state index contributed by atoms with van der Waals surface area (Å²) in [6.45, 7) is 1.37. The third kappa shape index (κ3) is 4.83. The highest BCUT2D eigenvalue weighted by molar-refractivity contribution is 7.89. The summed E-state index contributed by atoms with van der Waals surface area (Å²) >= 11 is 0. The first-order valence-electron chi connectivity index (χ1n) is 7.96. The van der Waals surface area contributed by atoms with Crippen molar-refractivity contribution in [3.63, 3.8) is 0 Å². The minimum Gasteiger partial charge on any atom is -0.495 e. The third-order valence-electron chi connectivity index (χ3n) is 3.83. The van der Waals surface area contributed by atoms with E-state index in [1.165, 1.54) is 44.5 Å². The lowest BCUT2D eigenvalue weighted by Crippen LogP contribution is -2.35. The van der Waals surface area contributed by atoms with Crippen LogP contribution in [-0.2, 0) is 14.8 Å². The maximum atomic E-state index is 12.8. The second kappa shape index (κ2) is 8.19. The van der Waals surface area contributed by atoms with Crippen molar-refractivity contribution in [1.29, 1.82) is 0 Å². The maximum absolute atomic E-state index is 12.8. The molecular weight excluding hydrogens is 370 g/mol. The van der Waals surface area contributed by atoms with Gasteiger partial charge < -0.3 is 15.8 Å². The van der Waals surface area contributed by atoms with E-state index in [0.29, 0.717) is 11.3 Å². The van der Waals surface area contributed by atoms with Crippen molar-refractivity contribution in [1.82, 2.24) is 4.31 Å². The summed E-state index contributed by atoms with van der Waals surface area (Å²) in [7, 11) is -1.23. The number of anilines is 1. The SMILES string of the molecule is COc1ccc(C)cc1S(=O)(=O)N(C)CC(=O)Nc1ccc(C(N)=O)cc1. The second-order valence-electron chi connectivity index (χ2n) is 5.91. The van der Waals surface area contributed by atoms with Gasteiger partial charge in [-0.05, 0) is 48.9 Å². The Balaban J connectivity index is 2.13. The number of sulfonamides is 1. The molecule has 0 radical (unpaired) electrons. The van der Waals surface area contributed by atoms with Crippen LogP contribution in [0.1, 0.15) is 15.9 Å². The van der Waals surface area contributed by atoms with Crippen molar-refractivity contribution < 1.29 is 22.7 Å². The highest BCUT2D eigenvalue weighted by Crippen LogP contribution is 2.27. The van der Waals surface area contributed by atoms with Crippen LogP contribution >= 0.6 is 0 Å². The highest BCUT2D eigenvalue weighted by Gasteiger charge is 2.26. The first kappa shape index (κ1) is 20.4. The van der Waals surface area contributed by atoms with Crippen LogP contribution in [0, 0.1) is 6.92 Å². The van der Waals surface area contributed by atoms with E-state index < -0.39 is 28.4 Å². The lowest BCUT2D eigenvalue weighted by atomic mass is 10.2. The van der Waals surface area contributed by atoms with Crippen molar-refractivity contribution >= 4 is 27.5 Å². The minimum atomic E-state index is -3.92. The van der Waals surface area contributed by atoms with Crippen LogP contribution in [0.5, 0.6) is 5.75 Å². The van der Waals surface area contributed by atoms with Gasteiger partial charge in [0.05, 0.1) is 13.7 Å². The fourth-order valence-electron chi connectivity index (χ4n) is 2.36. The molecule has 0 heterocycles. The molecule has 0 aromatic heterocycles. The molecule has 0 spiro atoms. The molecule has 0 fully saturated rings. The van der Waals surface area contributed by atoms with Gasteiger partial charge in [-0.3, -0.25) is 9.59 Å². The zero-order valence-corrected chi connectivity index (χ0v) is 16.0. The van der Waals surface area contributed by atoms with Crippen LogP contribution in [0.15, 0.2) is 47.4 Å². The highest BCUT2D eigenvalue weighted by atomic mass is 32.2. The maximum Gasteiger partial charge on any atom is 0.248 e. The number of hydrogen-bond acceptors (Lipinski definition) is 5. The van der Waals surface area contributed by atoms with Gasteiger partial charge in [0.25, 0.3) is 0 Å². The van der Waals surface area contributed by atoms with Gasteiger partial charge in [-0.25, -0.2) is 8.42 Å². The lowest BCUT2D eigenvalue weighted by Gasteiger charge is -2.19. The molecule has 0 bridgehead atoms. The zero-order valence-electron chi connectivity index (χ0n) is 15.2. The number of amides is 2. The summed E-state index contributed by atoms with van der Waals surface area (Å²) in [5.74, 6) is -0.903. The van der Waals surface area contributed by atoms with Crippen molar-refractivity contribution in [2.45, 2.75) is 11.8 Å². The van der Waals surface area contributed by atoms with E-state index in [9.17, 15) is 18.0 Å². The average Bonchev–Trinajstić information content (AvgIpc) is 2.61. The fourth-order valence-corrected chi connectivity index (χ4v) is 3.72. The Kier molecular flexibility index (Phi) is 6.19. The van der Waals surface area contributed by atoms with Crippen molar-refractivity contribution in [2.75, 3.05) is 26.0 Å². The van der Waals surface area contributed by atoms with Gasteiger partial charge in [0.2, 0.25) is 21.8 Å². The number of likely N-dealkylation sites (N-methyl/N-ethyl adjacent to an activating group) is 1. The van der Waals surface area contributed by atoms with E-state index in [1.54, 1.807) is 19.1 Å². The molecule has 0 unspecified atom stereocenters. The molecular formula is C18H21N3O5S. The summed E-state index contributed by atoms with van der Waals surface area (Å²) in [6.07, 6.45) is 0. The standard InChI is InChI=1S/C18H21N3O5S/c1-12-4-9-15(26-3)16(10-12)27(24,25)21(2)11-17(22)20-14-7-5-13(6-8-14)18(19)23/h4-10H,11H2,1-3H3,(H2,19,23)(H,20,22). The molecule has 27 heavy (non-hydrogen) atoms. The third-order valence-corrected chi connectivity index (χ3v) is 5.65. The minimum absolute atomic E-state index is 0.00823. The number of benzene rings is 2. The molecule has 0 atom stereocenters. The average molecular weight is 391 g/mol. The summed E-state index contributed by atoms with van der Waals surface area (Å²) in [5, 5.41) is 2.57. The van der Waals surface area contributed by atoms with Gasteiger partial charge in [-0.15, -0.1) is 0 Å². The Morgan fingerprint density at radius 3 is 2.33 bits per heavy atom. The molecule has 0 saturated carbocycles. The predicted octanol–water partition coefficient (Wildman–Crippen LogP) is 1.36. The van der Waals surface area contributed by atoms with Crippen LogP contribution in [-0.4, -0.2) is 45.2 Å². The van der Waals surface area contributed by atoms with Crippen molar-refractivity contribution in [3.05, 3.63) is 53.6 Å². The Morgan fingerprint density at radius 2 is 1.78 bits per heavy atom. The summed E-state index contributed by atoms with van der Waals surface area (Å²) in [6, 6.07) is 10.8. The van der Waals surface area contributed by atoms with Crippen molar-refractivity contribution in [2.24, 2.45) is 5.73 Å². The number of carbonyl (C=O) groups is 2. The Morgan fingerprint density at radius 1 is 1.15 bits per heavy atom. The van der Waals surface area contributed by atoms with E-state index in [2.05, 4.69) is 5.32 Å². The molecule has 3 N–H and O–H groups in total. The van der Waals surface area contributed by atoms with Crippen LogP contribution in [0.4, 0.5) is 5.69 Å². The topological polar surface area (TPSA) is 119 Å². The molecule has 144 valence electrons. The largest absolute Gasteiger partial charge is 0.495 e. The number of rotatable bonds is 7. The molecule has 8 nitrogen and oxygen atoms in total. The molecule has 0 aliphatic carbocycles. The number of hydrogen-bond donors (Lipinski definition) is 2. The van der Waals surface area contributed by atoms with Gasteiger partial charge in [0, 0.05) is 18.3 Å². The number of aryl methyl sites for hydroxylation is 1. The molecule has 9 heteroatoms. The van der Waals surface area contributed by atoms with E-state index in [4.69, 9.17) is 10.5 Å². The fraction of sp³-hybridized carbons (Fsp3) is 0.222. The zero-order chi connectivity index (χ0) is 20.2. The van der Waals surface area contributed by atoms with Gasteiger partial charge in [-0.1, -0.05) is 6.07 Å². The van der Waals surface area contributed by atoms with E-state index in [0.717, 1.165) is 9.87 Å². The summed E-state index contributed by atoms with van der Waals surface area (Å²) in [5.41, 5.74) is 6.64. The number of primary amides is 1. The normalized spacial score (nSPS) is 11.3. The first-order valence-corrected chi connectivity index (χ1v) is 9.40. The van der Waals surface area contributed by atoms with E-state index in [-0.39, 0.29) is 10.6 Å². The van der Waals surface area contributed by atoms with Gasteiger partial charge in [0.15, 0.2) is 0 Å². The molecule has 2 aromatic rings. The van der Waals surface area contributed by atoms with E-state index in [1.807, 2.05) is 0 Å². The molecule has 2 aromatic carbocycles. The Hall–Kier alpha value is -2.91. The van der Waals surface area contributed by atoms with Crippen molar-refractivity contribution in [3.8, 4) is 5.75 Å². The number of nitrogens with one attached hydrogen (secondary N) is 1. The first-order chi connectivity index (χ1) is 12.6.